The minimum atomic E-state index is -1.47. The fourth-order valence-electron chi connectivity index (χ4n) is 1.18. The van der Waals surface area contributed by atoms with Gasteiger partial charge in [-0.05, 0) is 18.1 Å². The lowest BCUT2D eigenvalue weighted by Crippen LogP contribution is -2.20. The van der Waals surface area contributed by atoms with Crippen LogP contribution in [0.2, 0.25) is 0 Å². The summed E-state index contributed by atoms with van der Waals surface area (Å²) in [5, 5.41) is 17.8. The van der Waals surface area contributed by atoms with E-state index in [1.807, 2.05) is 6.26 Å². The van der Waals surface area contributed by atoms with Gasteiger partial charge >= 0.3 is 13.1 Å². The maximum atomic E-state index is 11.2. The Kier molecular flexibility index (Phi) is 4.37. The Bertz CT molecular complexity index is 266. The third-order valence-corrected chi connectivity index (χ3v) is 4.42. The molecule has 0 aromatic carbocycles. The second-order valence-electron chi connectivity index (χ2n) is 2.72. The Morgan fingerprint density at radius 1 is 1.71 bits per heavy atom. The first-order chi connectivity index (χ1) is 6.60. The lowest BCUT2D eigenvalue weighted by atomic mass is 9.78. The van der Waals surface area contributed by atoms with E-state index < -0.39 is 7.12 Å². The van der Waals surface area contributed by atoms with Crippen LogP contribution in [0.3, 0.4) is 0 Å². The molecule has 1 rings (SSSR count). The number of rotatable bonds is 3. The van der Waals surface area contributed by atoms with Crippen LogP contribution in [0.4, 0.5) is 0 Å². The van der Waals surface area contributed by atoms with E-state index in [-0.39, 0.29) is 11.2 Å². The van der Waals surface area contributed by atoms with Crippen LogP contribution in [0, 0.1) is 0 Å². The van der Waals surface area contributed by atoms with Gasteiger partial charge in [-0.2, -0.15) is 0 Å². The van der Waals surface area contributed by atoms with E-state index in [0.717, 1.165) is 4.24 Å². The molecule has 0 fully saturated rings. The smallest absolute Gasteiger partial charge is 0.468 e. The molecule has 0 spiro atoms. The third-order valence-electron chi connectivity index (χ3n) is 1.88. The van der Waals surface area contributed by atoms with Crippen molar-refractivity contribution in [2.75, 3.05) is 13.4 Å². The summed E-state index contributed by atoms with van der Waals surface area (Å²) < 4.78 is 5.40. The summed E-state index contributed by atoms with van der Waals surface area (Å²) >= 11 is 2.74. The highest BCUT2D eigenvalue weighted by Crippen LogP contribution is 2.43. The highest BCUT2D eigenvalue weighted by Gasteiger charge is 2.35. The number of carbonyl (C=O) groups is 1. The van der Waals surface area contributed by atoms with Crippen molar-refractivity contribution >= 4 is 36.6 Å². The highest BCUT2D eigenvalue weighted by molar-refractivity contribution is 8.22. The molecule has 0 aromatic heterocycles. The maximum absolute atomic E-state index is 11.2. The second kappa shape index (κ2) is 5.11. The summed E-state index contributed by atoms with van der Waals surface area (Å²) in [5.41, 5.74) is 0.512. The molecule has 0 bridgehead atoms. The molecule has 1 aliphatic rings. The quantitative estimate of drug-likeness (QED) is 0.539. The fraction of sp³-hybridized carbons (Fsp3) is 0.571. The van der Waals surface area contributed by atoms with Gasteiger partial charge in [-0.25, -0.2) is 0 Å². The van der Waals surface area contributed by atoms with Crippen LogP contribution in [0.15, 0.2) is 9.71 Å². The minimum absolute atomic E-state index is 0.322. The zero-order chi connectivity index (χ0) is 10.7. The topological polar surface area (TPSA) is 66.8 Å². The minimum Gasteiger partial charge on any atom is -0.468 e. The Hall–Kier alpha value is -0.105. The summed E-state index contributed by atoms with van der Waals surface area (Å²) in [6, 6.07) is 0. The molecule has 1 unspecified atom stereocenters. The highest BCUT2D eigenvalue weighted by atomic mass is 32.2. The van der Waals surface area contributed by atoms with Gasteiger partial charge in [0.25, 0.3) is 0 Å². The first kappa shape index (κ1) is 12.0. The molecule has 2 N–H and O–H groups in total. The molecular formula is C7H11BO4S2. The number of hydrogen-bond acceptors (Lipinski definition) is 6. The van der Waals surface area contributed by atoms with E-state index in [9.17, 15) is 4.79 Å². The molecule has 0 saturated heterocycles. The van der Waals surface area contributed by atoms with Crippen LogP contribution in [-0.4, -0.2) is 41.8 Å². The van der Waals surface area contributed by atoms with Crippen molar-refractivity contribution in [3.63, 3.8) is 0 Å². The average molecular weight is 234 g/mol. The molecular weight excluding hydrogens is 223 g/mol. The van der Waals surface area contributed by atoms with Gasteiger partial charge in [0, 0.05) is 4.24 Å². The summed E-state index contributed by atoms with van der Waals surface area (Å²) in [5.74, 6) is -0.322. The fourth-order valence-corrected chi connectivity index (χ4v) is 3.42. The second-order valence-corrected chi connectivity index (χ2v) is 5.01. The number of carbonyl (C=O) groups excluding carboxylic acids is 1. The molecule has 1 heterocycles. The summed E-state index contributed by atoms with van der Waals surface area (Å²) in [6.07, 6.45) is 2.19. The van der Waals surface area contributed by atoms with Crippen LogP contribution in [0.1, 0.15) is 6.42 Å². The molecule has 7 heteroatoms. The van der Waals surface area contributed by atoms with E-state index in [2.05, 4.69) is 4.74 Å². The first-order valence-electron chi connectivity index (χ1n) is 3.97. The standard InChI is InChI=1S/C7H11BO4S2/c1-12-6(9)5-3-4(8(10)11)7(13-2)14-5/h5,10-11H,3H2,1-2H3. The Morgan fingerprint density at radius 3 is 2.71 bits per heavy atom. The lowest BCUT2D eigenvalue weighted by Gasteiger charge is -2.05. The molecule has 14 heavy (non-hydrogen) atoms. The third kappa shape index (κ3) is 2.47. The van der Waals surface area contributed by atoms with Crippen molar-refractivity contribution in [2.45, 2.75) is 11.7 Å². The Morgan fingerprint density at radius 2 is 2.36 bits per heavy atom. The van der Waals surface area contributed by atoms with Gasteiger partial charge in [0.1, 0.15) is 5.25 Å². The van der Waals surface area contributed by atoms with Gasteiger partial charge in [-0.1, -0.05) is 0 Å². The largest absolute Gasteiger partial charge is 0.485 e. The molecule has 4 nitrogen and oxygen atoms in total. The molecule has 1 aliphatic heterocycles. The van der Waals surface area contributed by atoms with Crippen LogP contribution in [-0.2, 0) is 9.53 Å². The monoisotopic (exact) mass is 234 g/mol. The zero-order valence-corrected chi connectivity index (χ0v) is 9.52. The van der Waals surface area contributed by atoms with E-state index in [0.29, 0.717) is 11.9 Å². The predicted octanol–water partition coefficient (Wildman–Crippen LogP) is 0.251. The van der Waals surface area contributed by atoms with Crippen LogP contribution in [0.5, 0.6) is 0 Å². The molecule has 0 aliphatic carbocycles. The van der Waals surface area contributed by atoms with Crippen molar-refractivity contribution < 1.29 is 19.6 Å². The number of methoxy groups -OCH3 is 1. The Balaban J connectivity index is 2.71. The zero-order valence-electron chi connectivity index (χ0n) is 7.89. The summed E-state index contributed by atoms with van der Waals surface area (Å²) in [6.45, 7) is 0. The number of ether oxygens (including phenoxy) is 1. The molecule has 0 amide bonds. The van der Waals surface area contributed by atoms with Crippen molar-refractivity contribution in [1.29, 1.82) is 0 Å². The van der Waals surface area contributed by atoms with E-state index in [4.69, 9.17) is 10.0 Å². The van der Waals surface area contributed by atoms with E-state index >= 15 is 0 Å². The first-order valence-corrected chi connectivity index (χ1v) is 6.08. The van der Waals surface area contributed by atoms with Crippen molar-refractivity contribution in [2.24, 2.45) is 0 Å². The van der Waals surface area contributed by atoms with Gasteiger partial charge in [0.2, 0.25) is 0 Å². The van der Waals surface area contributed by atoms with Gasteiger partial charge in [-0.15, -0.1) is 23.5 Å². The number of thioether (sulfide) groups is 2. The summed E-state index contributed by atoms with van der Waals surface area (Å²) in [4.78, 5) is 11.2. The summed E-state index contributed by atoms with van der Waals surface area (Å²) in [7, 11) is -0.144. The van der Waals surface area contributed by atoms with E-state index in [1.54, 1.807) is 0 Å². The molecule has 0 saturated carbocycles. The van der Waals surface area contributed by atoms with Gasteiger partial charge in [0.15, 0.2) is 0 Å². The van der Waals surface area contributed by atoms with Gasteiger partial charge in [0.05, 0.1) is 7.11 Å². The predicted molar refractivity (Wildman–Crippen MR) is 58.7 cm³/mol. The number of hydrogen-bond donors (Lipinski definition) is 2. The maximum Gasteiger partial charge on any atom is 0.485 e. The molecule has 0 radical (unpaired) electrons. The van der Waals surface area contributed by atoms with Crippen molar-refractivity contribution in [3.05, 3.63) is 9.71 Å². The number of allylic oxidation sites excluding steroid dienone is 1. The van der Waals surface area contributed by atoms with Crippen LogP contribution < -0.4 is 0 Å². The van der Waals surface area contributed by atoms with Crippen molar-refractivity contribution in [1.82, 2.24) is 0 Å². The van der Waals surface area contributed by atoms with Gasteiger partial charge in [-0.3, -0.25) is 4.79 Å². The SMILES string of the molecule is COC(=O)C1CC(B(O)O)=C(SC)S1. The number of esters is 1. The van der Waals surface area contributed by atoms with Crippen LogP contribution in [0.25, 0.3) is 0 Å². The van der Waals surface area contributed by atoms with Gasteiger partial charge < -0.3 is 14.8 Å². The van der Waals surface area contributed by atoms with E-state index in [1.165, 1.54) is 30.6 Å². The Labute approximate surface area is 91.2 Å². The van der Waals surface area contributed by atoms with Crippen molar-refractivity contribution in [3.8, 4) is 0 Å². The molecule has 78 valence electrons. The molecule has 0 aromatic rings. The lowest BCUT2D eigenvalue weighted by molar-refractivity contribution is -0.139. The molecule has 1 atom stereocenters. The normalized spacial score (nSPS) is 21.3. The average Bonchev–Trinajstić information content (AvgIpc) is 2.60. The van der Waals surface area contributed by atoms with Crippen LogP contribution >= 0.6 is 23.5 Å².